The Bertz CT molecular complexity index is 1380. The second kappa shape index (κ2) is 9.76. The van der Waals surface area contributed by atoms with Crippen molar-refractivity contribution in [3.05, 3.63) is 48.3 Å². The van der Waals surface area contributed by atoms with Crippen LogP contribution < -0.4 is 16.2 Å². The minimum absolute atomic E-state index is 0.137. The predicted octanol–water partition coefficient (Wildman–Crippen LogP) is 3.11. The number of rotatable bonds is 6. The van der Waals surface area contributed by atoms with E-state index in [9.17, 15) is 18.0 Å². The van der Waals surface area contributed by atoms with Crippen molar-refractivity contribution in [2.45, 2.75) is 63.5 Å². The molecule has 1 fully saturated rings. The minimum Gasteiger partial charge on any atom is -0.444 e. The number of anilines is 1. The van der Waals surface area contributed by atoms with Gasteiger partial charge in [0.25, 0.3) is 10.0 Å². The molecule has 3 aromatic rings. The molecule has 1 aliphatic carbocycles. The molecule has 11 nitrogen and oxygen atoms in total. The van der Waals surface area contributed by atoms with Crippen LogP contribution in [0.5, 0.6) is 0 Å². The number of hydrazine groups is 1. The lowest BCUT2D eigenvalue weighted by Gasteiger charge is -2.21. The van der Waals surface area contributed by atoms with E-state index >= 15 is 0 Å². The van der Waals surface area contributed by atoms with Crippen molar-refractivity contribution >= 4 is 39.0 Å². The maximum Gasteiger partial charge on any atom is 0.407 e. The molecule has 4 rings (SSSR count). The Balaban J connectivity index is 1.36. The third-order valence-electron chi connectivity index (χ3n) is 5.77. The van der Waals surface area contributed by atoms with Crippen LogP contribution in [0.25, 0.3) is 11.2 Å². The van der Waals surface area contributed by atoms with Crippen molar-refractivity contribution in [1.82, 2.24) is 24.7 Å². The summed E-state index contributed by atoms with van der Waals surface area (Å²) in [6, 6.07) is 7.97. The van der Waals surface area contributed by atoms with Crippen LogP contribution >= 0.6 is 0 Å². The Morgan fingerprint density at radius 2 is 1.83 bits per heavy atom. The Labute approximate surface area is 209 Å². The number of carbonyl (C=O) groups excluding carboxylic acids is 2. The van der Waals surface area contributed by atoms with Crippen LogP contribution in [0.15, 0.2) is 47.6 Å². The molecule has 2 aromatic heterocycles. The summed E-state index contributed by atoms with van der Waals surface area (Å²) in [5.41, 5.74) is 6.27. The number of amides is 2. The monoisotopic (exact) mass is 514 g/mol. The van der Waals surface area contributed by atoms with Gasteiger partial charge in [-0.15, -0.1) is 0 Å². The van der Waals surface area contributed by atoms with Gasteiger partial charge in [-0.3, -0.25) is 15.6 Å². The number of benzene rings is 1. The first-order valence-electron chi connectivity index (χ1n) is 11.6. The van der Waals surface area contributed by atoms with Crippen LogP contribution in [0, 0.1) is 12.8 Å². The number of ether oxygens (including phenoxy) is 1. The average molecular weight is 515 g/mol. The Morgan fingerprint density at radius 3 is 2.53 bits per heavy atom. The predicted molar refractivity (Wildman–Crippen MR) is 134 cm³/mol. The number of alkyl carbamates (subject to hydrolysis) is 1. The van der Waals surface area contributed by atoms with Crippen LogP contribution in [0.1, 0.15) is 45.6 Å². The van der Waals surface area contributed by atoms with Crippen molar-refractivity contribution in [3.8, 4) is 0 Å². The van der Waals surface area contributed by atoms with Crippen LogP contribution in [0.2, 0.25) is 0 Å². The second-order valence-corrected chi connectivity index (χ2v) is 11.7. The van der Waals surface area contributed by atoms with Gasteiger partial charge in [-0.1, -0.05) is 17.7 Å². The molecule has 12 heteroatoms. The summed E-state index contributed by atoms with van der Waals surface area (Å²) in [5.74, 6) is -0.248. The van der Waals surface area contributed by atoms with E-state index in [-0.39, 0.29) is 34.2 Å². The smallest absolute Gasteiger partial charge is 0.407 e. The van der Waals surface area contributed by atoms with Gasteiger partial charge in [-0.2, -0.15) is 0 Å². The quantitative estimate of drug-likeness (QED) is 0.426. The third kappa shape index (κ3) is 5.76. The molecule has 1 aromatic carbocycles. The second-order valence-electron chi connectivity index (χ2n) is 9.86. The fourth-order valence-corrected chi connectivity index (χ4v) is 5.31. The maximum atomic E-state index is 13.0. The zero-order valence-corrected chi connectivity index (χ0v) is 21.4. The molecule has 0 saturated heterocycles. The highest BCUT2D eigenvalue weighted by Crippen LogP contribution is 2.26. The molecule has 2 atom stereocenters. The minimum atomic E-state index is -3.83. The zero-order chi connectivity index (χ0) is 26.1. The first-order chi connectivity index (χ1) is 16.9. The molecule has 1 saturated carbocycles. The van der Waals surface area contributed by atoms with E-state index in [1.807, 2.05) is 6.92 Å². The molecule has 0 radical (unpaired) electrons. The van der Waals surface area contributed by atoms with Gasteiger partial charge in [0.2, 0.25) is 5.91 Å². The Kier molecular flexibility index (Phi) is 6.90. The summed E-state index contributed by atoms with van der Waals surface area (Å²) < 4.78 is 32.4. The summed E-state index contributed by atoms with van der Waals surface area (Å²) in [6.45, 7) is 7.26. The van der Waals surface area contributed by atoms with Gasteiger partial charge in [0.1, 0.15) is 11.1 Å². The fraction of sp³-hybridized carbons (Fsp3) is 0.417. The lowest BCUT2D eigenvalue weighted by molar-refractivity contribution is -0.124. The van der Waals surface area contributed by atoms with Crippen molar-refractivity contribution in [2.24, 2.45) is 5.92 Å². The highest BCUT2D eigenvalue weighted by atomic mass is 32.2. The molecular formula is C24H30N6O5S. The van der Waals surface area contributed by atoms with Gasteiger partial charge >= 0.3 is 6.09 Å². The zero-order valence-electron chi connectivity index (χ0n) is 20.6. The molecule has 36 heavy (non-hydrogen) atoms. The van der Waals surface area contributed by atoms with Crippen molar-refractivity contribution < 1.29 is 22.7 Å². The highest BCUT2D eigenvalue weighted by Gasteiger charge is 2.32. The number of aromatic nitrogens is 3. The number of fused-ring (bicyclic) bond motifs is 1. The number of nitrogens with zero attached hydrogens (tertiary/aromatic N) is 3. The van der Waals surface area contributed by atoms with Crippen LogP contribution in [0.3, 0.4) is 0 Å². The highest BCUT2D eigenvalue weighted by molar-refractivity contribution is 7.90. The standard InChI is InChI=1S/C24H30N6O5S/c1-15-5-9-18(10-6-15)36(33,34)30-12-11-19-21(30)25-14-20(27-19)28-29-22(31)16-7-8-17(13-16)26-23(32)35-24(2,3)4/h5-6,9-12,14,16-17H,7-8,13H2,1-4H3,(H,26,32)(H,27,28)(H,29,31)/t16-,17-/m1/s1. The maximum absolute atomic E-state index is 13.0. The summed E-state index contributed by atoms with van der Waals surface area (Å²) in [6.07, 6.45) is 4.05. The molecule has 0 bridgehead atoms. The van der Waals surface area contributed by atoms with Gasteiger partial charge in [0.05, 0.1) is 11.1 Å². The van der Waals surface area contributed by atoms with Gasteiger partial charge in [-0.25, -0.2) is 27.2 Å². The van der Waals surface area contributed by atoms with E-state index in [2.05, 4.69) is 26.1 Å². The molecule has 0 aliphatic heterocycles. The third-order valence-corrected chi connectivity index (χ3v) is 7.45. The first kappa shape index (κ1) is 25.4. The largest absolute Gasteiger partial charge is 0.444 e. The number of aryl methyl sites for hydroxylation is 1. The summed E-state index contributed by atoms with van der Waals surface area (Å²) in [4.78, 5) is 33.3. The van der Waals surface area contributed by atoms with Gasteiger partial charge in [-0.05, 0) is 65.2 Å². The van der Waals surface area contributed by atoms with E-state index < -0.39 is 21.7 Å². The van der Waals surface area contributed by atoms with Gasteiger partial charge < -0.3 is 10.1 Å². The molecule has 0 unspecified atom stereocenters. The van der Waals surface area contributed by atoms with E-state index in [1.54, 1.807) is 51.1 Å². The number of hydrogen-bond donors (Lipinski definition) is 3. The van der Waals surface area contributed by atoms with Crippen LogP contribution in [0.4, 0.5) is 10.6 Å². The SMILES string of the molecule is Cc1ccc(S(=O)(=O)n2ccc3nc(NNC(=O)[C@@H]4CC[C@@H](NC(=O)OC(C)(C)C)C4)cnc32)cc1. The van der Waals surface area contributed by atoms with Gasteiger partial charge in [0, 0.05) is 18.2 Å². The van der Waals surface area contributed by atoms with Gasteiger partial charge in [0.15, 0.2) is 11.5 Å². The lowest BCUT2D eigenvalue weighted by Crippen LogP contribution is -2.39. The van der Waals surface area contributed by atoms with E-state index in [0.29, 0.717) is 24.8 Å². The van der Waals surface area contributed by atoms with E-state index in [1.165, 1.54) is 12.4 Å². The topological polar surface area (TPSA) is 144 Å². The summed E-state index contributed by atoms with van der Waals surface area (Å²) in [5, 5.41) is 2.81. The summed E-state index contributed by atoms with van der Waals surface area (Å²) >= 11 is 0. The van der Waals surface area contributed by atoms with E-state index in [0.717, 1.165) is 9.54 Å². The van der Waals surface area contributed by atoms with Crippen molar-refractivity contribution in [2.75, 3.05) is 5.43 Å². The number of carbonyl (C=O) groups is 2. The molecule has 2 heterocycles. The fourth-order valence-electron chi connectivity index (χ4n) is 4.02. The average Bonchev–Trinajstić information content (AvgIpc) is 3.43. The van der Waals surface area contributed by atoms with Crippen LogP contribution in [-0.4, -0.2) is 46.0 Å². The summed E-state index contributed by atoms with van der Waals surface area (Å²) in [7, 11) is -3.83. The first-order valence-corrected chi connectivity index (χ1v) is 13.1. The van der Waals surface area contributed by atoms with Crippen molar-refractivity contribution in [1.29, 1.82) is 0 Å². The normalized spacial score (nSPS) is 18.1. The van der Waals surface area contributed by atoms with Crippen LogP contribution in [-0.2, 0) is 19.6 Å². The number of nitrogens with one attached hydrogen (secondary N) is 3. The molecule has 1 aliphatic rings. The molecule has 3 N–H and O–H groups in total. The van der Waals surface area contributed by atoms with Crippen molar-refractivity contribution in [3.63, 3.8) is 0 Å². The van der Waals surface area contributed by atoms with E-state index in [4.69, 9.17) is 4.74 Å². The Hall–Kier alpha value is -3.67. The Morgan fingerprint density at radius 1 is 1.11 bits per heavy atom. The molecule has 192 valence electrons. The molecule has 2 amide bonds. The molecule has 0 spiro atoms. The number of hydrogen-bond acceptors (Lipinski definition) is 8. The lowest BCUT2D eigenvalue weighted by atomic mass is 10.1. The molecular weight excluding hydrogens is 484 g/mol.